The van der Waals surface area contributed by atoms with Gasteiger partial charge in [0.15, 0.2) is 0 Å². The van der Waals surface area contributed by atoms with Gasteiger partial charge in [-0.2, -0.15) is 0 Å². The summed E-state index contributed by atoms with van der Waals surface area (Å²) in [5.41, 5.74) is 6.84. The highest BCUT2D eigenvalue weighted by Crippen LogP contribution is 2.56. The van der Waals surface area contributed by atoms with Crippen molar-refractivity contribution in [3.63, 3.8) is 0 Å². The summed E-state index contributed by atoms with van der Waals surface area (Å²) in [4.78, 5) is 3.29. The Hall–Kier alpha value is -0.860. The number of allylic oxidation sites excluding steroid dienone is 2. The summed E-state index contributed by atoms with van der Waals surface area (Å²) in [6, 6.07) is 4.93. The van der Waals surface area contributed by atoms with Gasteiger partial charge in [0.25, 0.3) is 0 Å². The zero-order valence-corrected chi connectivity index (χ0v) is 22.6. The molecule has 4 unspecified atom stereocenters. The number of unbranched alkanes of at least 4 members (excludes halogenated alkanes) is 2. The molecule has 0 fully saturated rings. The Labute approximate surface area is 205 Å². The van der Waals surface area contributed by atoms with Gasteiger partial charge in [0.2, 0.25) is 0 Å². The van der Waals surface area contributed by atoms with E-state index in [-0.39, 0.29) is 0 Å². The third-order valence-electron chi connectivity index (χ3n) is 8.41. The minimum absolute atomic E-state index is 0.760. The van der Waals surface area contributed by atoms with Crippen molar-refractivity contribution in [2.75, 3.05) is 0 Å². The number of hydrogen-bond acceptors (Lipinski definition) is 2. The average Bonchev–Trinajstić information content (AvgIpc) is 3.57. The molecule has 0 amide bonds. The molecule has 2 aromatic heterocycles. The Morgan fingerprint density at radius 3 is 1.53 bits per heavy atom. The molecule has 0 bridgehead atoms. The Morgan fingerprint density at radius 2 is 1.16 bits per heavy atom. The fourth-order valence-electron chi connectivity index (χ4n) is 6.38. The highest BCUT2D eigenvalue weighted by Gasteiger charge is 2.36. The van der Waals surface area contributed by atoms with Gasteiger partial charge in [-0.1, -0.05) is 79.1 Å². The molecule has 2 heterocycles. The van der Waals surface area contributed by atoms with Crippen LogP contribution < -0.4 is 0 Å². The third kappa shape index (κ3) is 5.12. The maximum atomic E-state index is 2.46. The van der Waals surface area contributed by atoms with E-state index < -0.39 is 0 Å². The smallest absolute Gasteiger partial charge is 0.0340 e. The molecule has 0 saturated carbocycles. The van der Waals surface area contributed by atoms with Crippen molar-refractivity contribution in [3.05, 3.63) is 43.8 Å². The van der Waals surface area contributed by atoms with Crippen LogP contribution in [0, 0.1) is 11.8 Å². The first-order valence-electron chi connectivity index (χ1n) is 13.6. The molecule has 32 heavy (non-hydrogen) atoms. The molecule has 176 valence electrons. The predicted octanol–water partition coefficient (Wildman–Crippen LogP) is 10.9. The van der Waals surface area contributed by atoms with Crippen LogP contribution in [0.1, 0.15) is 137 Å². The summed E-state index contributed by atoms with van der Waals surface area (Å²) in [6.07, 6.45) is 16.4. The second-order valence-electron chi connectivity index (χ2n) is 10.5. The number of hydrogen-bond donors (Lipinski definition) is 0. The quantitative estimate of drug-likeness (QED) is 0.290. The first-order valence-corrected chi connectivity index (χ1v) is 15.3. The van der Waals surface area contributed by atoms with Crippen LogP contribution in [-0.4, -0.2) is 0 Å². The van der Waals surface area contributed by atoms with Gasteiger partial charge in [-0.3, -0.25) is 0 Å². The third-order valence-corrected chi connectivity index (χ3v) is 10.4. The highest BCUT2D eigenvalue weighted by atomic mass is 32.1. The molecule has 0 saturated heterocycles. The van der Waals surface area contributed by atoms with Crippen molar-refractivity contribution in [3.8, 4) is 0 Å². The van der Waals surface area contributed by atoms with E-state index in [1.165, 1.54) is 77.0 Å². The maximum Gasteiger partial charge on any atom is 0.0340 e. The van der Waals surface area contributed by atoms with Crippen molar-refractivity contribution in [2.45, 2.75) is 117 Å². The molecule has 0 aromatic carbocycles. The van der Waals surface area contributed by atoms with Crippen LogP contribution in [0.4, 0.5) is 0 Å². The fraction of sp³-hybridized carbons (Fsp3) is 0.667. The van der Waals surface area contributed by atoms with Crippen LogP contribution in [-0.2, 0) is 0 Å². The van der Waals surface area contributed by atoms with E-state index in [0.717, 1.165) is 23.7 Å². The molecule has 0 spiro atoms. The van der Waals surface area contributed by atoms with E-state index >= 15 is 0 Å². The topological polar surface area (TPSA) is 0 Å². The first-order chi connectivity index (χ1) is 15.7. The van der Waals surface area contributed by atoms with E-state index in [2.05, 4.69) is 50.6 Å². The van der Waals surface area contributed by atoms with Crippen molar-refractivity contribution < 1.29 is 0 Å². The molecule has 0 N–H and O–H groups in total. The molecule has 4 atom stereocenters. The summed E-state index contributed by atoms with van der Waals surface area (Å²) >= 11 is 4.04. The molecule has 2 aliphatic rings. The lowest BCUT2D eigenvalue weighted by atomic mass is 9.85. The van der Waals surface area contributed by atoms with Gasteiger partial charge in [0.05, 0.1) is 0 Å². The van der Waals surface area contributed by atoms with Crippen molar-refractivity contribution >= 4 is 33.8 Å². The van der Waals surface area contributed by atoms with Gasteiger partial charge < -0.3 is 0 Å². The minimum atomic E-state index is 0.760. The van der Waals surface area contributed by atoms with Crippen molar-refractivity contribution in [2.24, 2.45) is 11.8 Å². The summed E-state index contributed by atoms with van der Waals surface area (Å²) in [5.74, 6) is 3.32. The highest BCUT2D eigenvalue weighted by molar-refractivity contribution is 7.12. The SMILES string of the molecule is CCCCC(CC)CC1C/C(=C2\CC(CC(CC)CCCC)c3ccsc32)c2sccc21. The van der Waals surface area contributed by atoms with E-state index in [1.807, 2.05) is 22.7 Å². The minimum Gasteiger partial charge on any atom is -0.144 e. The van der Waals surface area contributed by atoms with Crippen molar-refractivity contribution in [1.82, 2.24) is 0 Å². The predicted molar refractivity (Wildman–Crippen MR) is 146 cm³/mol. The Kier molecular flexibility index (Phi) is 8.74. The van der Waals surface area contributed by atoms with Crippen LogP contribution in [0.5, 0.6) is 0 Å². The Balaban J connectivity index is 1.56. The standard InChI is InChI=1S/C30H44S2/c1-5-9-11-21(7-3)17-23-19-27(29-25(23)13-15-31-29)28-20-24(26-14-16-32-30(26)28)18-22(8-4)12-10-6-2/h13-16,21-24H,5-12,17-20H2,1-4H3/b28-27-. The monoisotopic (exact) mass is 468 g/mol. The lowest BCUT2D eigenvalue weighted by Gasteiger charge is -2.20. The molecule has 4 rings (SSSR count). The van der Waals surface area contributed by atoms with E-state index in [9.17, 15) is 0 Å². The molecular weight excluding hydrogens is 424 g/mol. The molecule has 2 heteroatoms. The van der Waals surface area contributed by atoms with Gasteiger partial charge in [-0.15, -0.1) is 22.7 Å². The van der Waals surface area contributed by atoms with Crippen LogP contribution in [0.3, 0.4) is 0 Å². The summed E-state index contributed by atoms with van der Waals surface area (Å²) in [6.45, 7) is 9.49. The van der Waals surface area contributed by atoms with E-state index in [4.69, 9.17) is 0 Å². The Morgan fingerprint density at radius 1 is 0.719 bits per heavy atom. The average molecular weight is 469 g/mol. The molecule has 0 nitrogen and oxygen atoms in total. The lowest BCUT2D eigenvalue weighted by Crippen LogP contribution is -2.05. The van der Waals surface area contributed by atoms with Crippen LogP contribution in [0.2, 0.25) is 0 Å². The number of fused-ring (bicyclic) bond motifs is 2. The van der Waals surface area contributed by atoms with Gasteiger partial charge in [-0.05, 0) is 94.5 Å². The number of rotatable bonds is 12. The van der Waals surface area contributed by atoms with Crippen molar-refractivity contribution in [1.29, 1.82) is 0 Å². The molecule has 2 aliphatic carbocycles. The zero-order chi connectivity index (χ0) is 22.5. The van der Waals surface area contributed by atoms with Crippen LogP contribution in [0.15, 0.2) is 22.9 Å². The molecule has 0 radical (unpaired) electrons. The number of thiophene rings is 2. The van der Waals surface area contributed by atoms with Gasteiger partial charge in [0, 0.05) is 9.75 Å². The van der Waals surface area contributed by atoms with Gasteiger partial charge in [0.1, 0.15) is 0 Å². The van der Waals surface area contributed by atoms with Gasteiger partial charge in [-0.25, -0.2) is 0 Å². The summed E-state index contributed by atoms with van der Waals surface area (Å²) < 4.78 is 0. The van der Waals surface area contributed by atoms with Crippen LogP contribution >= 0.6 is 22.7 Å². The largest absolute Gasteiger partial charge is 0.144 e. The first kappa shape index (κ1) is 24.3. The second-order valence-corrected chi connectivity index (χ2v) is 12.3. The fourth-order valence-corrected chi connectivity index (χ4v) is 8.52. The Bertz CT molecular complexity index is 810. The summed E-state index contributed by atoms with van der Waals surface area (Å²) in [5, 5.41) is 4.73. The maximum absolute atomic E-state index is 2.46. The van der Waals surface area contributed by atoms with Crippen LogP contribution in [0.25, 0.3) is 11.1 Å². The normalized spacial score (nSPS) is 24.0. The molecule has 0 aliphatic heterocycles. The van der Waals surface area contributed by atoms with E-state index in [1.54, 1.807) is 32.0 Å². The van der Waals surface area contributed by atoms with E-state index in [0.29, 0.717) is 0 Å². The molecular formula is C30H44S2. The molecule has 2 aromatic rings. The second kappa shape index (κ2) is 11.5. The summed E-state index contributed by atoms with van der Waals surface area (Å²) in [7, 11) is 0. The zero-order valence-electron chi connectivity index (χ0n) is 20.9. The lowest BCUT2D eigenvalue weighted by molar-refractivity contribution is 0.389. The van der Waals surface area contributed by atoms with Gasteiger partial charge >= 0.3 is 0 Å².